The van der Waals surface area contributed by atoms with E-state index in [-0.39, 0.29) is 18.9 Å². The molecule has 580 valence electrons. The minimum Gasteiger partial charge on any atom is -0.394 e. The maximum absolute atomic E-state index is 13.5. The Bertz CT molecular complexity index is 1820. The Morgan fingerprint density at radius 3 is 0.959 bits per heavy atom. The maximum atomic E-state index is 13.5. The molecule has 3 fully saturated rings. The molecule has 0 aromatic carbocycles. The molecule has 3 saturated heterocycles. The molecule has 19 heteroatoms. The number of rotatable bonds is 66. The lowest BCUT2D eigenvalue weighted by Crippen LogP contribution is -2.66. The summed E-state index contributed by atoms with van der Waals surface area (Å²) in [4.78, 5) is 13.5. The Labute approximate surface area is 595 Å². The lowest BCUT2D eigenvalue weighted by Gasteiger charge is -2.48. The number of carbonyl (C=O) groups is 1. The van der Waals surface area contributed by atoms with Gasteiger partial charge in [0, 0.05) is 6.42 Å². The summed E-state index contributed by atoms with van der Waals surface area (Å²) in [5, 5.41) is 121. The summed E-state index contributed by atoms with van der Waals surface area (Å²) in [6, 6.07) is -0.970. The third-order valence-corrected chi connectivity index (χ3v) is 20.8. The summed E-state index contributed by atoms with van der Waals surface area (Å²) in [6.07, 6.45) is 44.9. The first-order valence-corrected chi connectivity index (χ1v) is 40.9. The number of hydrogen-bond donors (Lipinski definition) is 12. The van der Waals surface area contributed by atoms with Gasteiger partial charge in [-0.2, -0.15) is 0 Å². The van der Waals surface area contributed by atoms with Crippen molar-refractivity contribution in [2.24, 2.45) is 0 Å². The van der Waals surface area contributed by atoms with Crippen molar-refractivity contribution in [3.63, 3.8) is 0 Å². The first kappa shape index (κ1) is 90.7. The van der Waals surface area contributed by atoms with Crippen LogP contribution in [0.25, 0.3) is 0 Å². The van der Waals surface area contributed by atoms with Gasteiger partial charge in [0.15, 0.2) is 18.9 Å². The molecule has 17 unspecified atom stereocenters. The molecule has 19 nitrogen and oxygen atoms in total. The molecule has 0 spiro atoms. The molecular formula is C79H151NO18. The van der Waals surface area contributed by atoms with Crippen molar-refractivity contribution in [3.05, 3.63) is 12.2 Å². The number of allylic oxidation sites excluding steroid dienone is 1. The van der Waals surface area contributed by atoms with Gasteiger partial charge < -0.3 is 89.9 Å². The number of nitrogens with one attached hydrogen (secondary N) is 1. The number of aliphatic hydroxyl groups is 11. The third-order valence-electron chi connectivity index (χ3n) is 20.8. The SMILES string of the molecule is CCCCCCCCCCCCCCCCCCCCCCCCCCCCC/C=C/C(O)C(COC1OC(CO)C(OC2OC(CO)C(OC3OC(CO)C(O)C(O)C3O)C(O)C2O)C(O)C1O)NC(=O)CCCCCCCCCCCCCCCCCCCCCCCCCC. The summed E-state index contributed by atoms with van der Waals surface area (Å²) < 4.78 is 34.5. The molecule has 3 aliphatic heterocycles. The second kappa shape index (κ2) is 60.8. The van der Waals surface area contributed by atoms with Crippen molar-refractivity contribution in [1.29, 1.82) is 0 Å². The molecule has 12 N–H and O–H groups in total. The molecule has 0 saturated carbocycles. The minimum atomic E-state index is -1.98. The van der Waals surface area contributed by atoms with E-state index in [2.05, 4.69) is 19.2 Å². The molecule has 0 aromatic heterocycles. The van der Waals surface area contributed by atoms with Crippen LogP contribution in [0.5, 0.6) is 0 Å². The zero-order chi connectivity index (χ0) is 71.1. The summed E-state index contributed by atoms with van der Waals surface area (Å²) in [5.41, 5.74) is 0. The Morgan fingerprint density at radius 1 is 0.357 bits per heavy atom. The van der Waals surface area contributed by atoms with Crippen LogP contribution in [0.2, 0.25) is 0 Å². The van der Waals surface area contributed by atoms with Crippen molar-refractivity contribution >= 4 is 5.91 Å². The standard InChI is InChI=1S/C79H151NO18/c1-3-5-7-9-11-13-15-17-19-21-23-25-27-29-30-31-32-33-34-36-38-40-42-44-46-48-50-52-54-56-63(84)62(80-67(85)57-55-53-51-49-47-45-43-41-39-37-35-28-26-24-22-20-18-16-14-12-10-8-6-4-2)61-93-77-73(91)70(88)75(65(59-82)95-77)98-79-74(92)71(89)76(66(60-83)96-79)97-78-72(90)69(87)68(86)64(58-81)94-78/h54,56,62-66,68-79,81-84,86-92H,3-53,55,57-61H2,1-2H3,(H,80,85)/b56-54+. The van der Waals surface area contributed by atoms with E-state index in [1.165, 1.54) is 283 Å². The highest BCUT2D eigenvalue weighted by molar-refractivity contribution is 5.76. The summed E-state index contributed by atoms with van der Waals surface area (Å²) in [7, 11) is 0. The van der Waals surface area contributed by atoms with Crippen LogP contribution in [0.4, 0.5) is 0 Å². The zero-order valence-corrected chi connectivity index (χ0v) is 62.1. The van der Waals surface area contributed by atoms with Gasteiger partial charge in [-0.1, -0.05) is 341 Å². The van der Waals surface area contributed by atoms with Gasteiger partial charge in [-0.25, -0.2) is 0 Å². The van der Waals surface area contributed by atoms with Gasteiger partial charge in [-0.15, -0.1) is 0 Å². The second-order valence-corrected chi connectivity index (χ2v) is 29.6. The molecule has 98 heavy (non-hydrogen) atoms. The van der Waals surface area contributed by atoms with E-state index < -0.39 is 124 Å². The van der Waals surface area contributed by atoms with Crippen LogP contribution < -0.4 is 5.32 Å². The number of carbonyl (C=O) groups excluding carboxylic acids is 1. The van der Waals surface area contributed by atoms with Crippen molar-refractivity contribution in [3.8, 4) is 0 Å². The van der Waals surface area contributed by atoms with Gasteiger partial charge in [0.2, 0.25) is 5.91 Å². The lowest BCUT2D eigenvalue weighted by atomic mass is 9.96. The monoisotopic (exact) mass is 1400 g/mol. The highest BCUT2D eigenvalue weighted by atomic mass is 16.8. The van der Waals surface area contributed by atoms with Gasteiger partial charge in [-0.05, 0) is 19.3 Å². The molecule has 0 aromatic rings. The normalized spacial score (nSPS) is 26.7. The largest absolute Gasteiger partial charge is 0.394 e. The predicted molar refractivity (Wildman–Crippen MR) is 388 cm³/mol. The second-order valence-electron chi connectivity index (χ2n) is 29.6. The summed E-state index contributed by atoms with van der Waals surface area (Å²) in [5.74, 6) is -0.266. The van der Waals surface area contributed by atoms with E-state index in [4.69, 9.17) is 28.4 Å². The van der Waals surface area contributed by atoms with E-state index in [0.29, 0.717) is 6.42 Å². The van der Waals surface area contributed by atoms with Crippen molar-refractivity contribution in [2.75, 3.05) is 26.4 Å². The lowest BCUT2D eigenvalue weighted by molar-refractivity contribution is -0.379. The number of unbranched alkanes of at least 4 members (excludes halogenated alkanes) is 50. The molecule has 0 radical (unpaired) electrons. The van der Waals surface area contributed by atoms with Gasteiger partial charge in [0.1, 0.15) is 73.2 Å². The van der Waals surface area contributed by atoms with Crippen LogP contribution in [0.1, 0.15) is 354 Å². The van der Waals surface area contributed by atoms with Crippen LogP contribution in [0.3, 0.4) is 0 Å². The molecule has 0 aliphatic carbocycles. The Morgan fingerprint density at radius 2 is 0.633 bits per heavy atom. The van der Waals surface area contributed by atoms with Gasteiger partial charge in [0.05, 0.1) is 38.6 Å². The predicted octanol–water partition coefficient (Wildman–Crippen LogP) is 13.6. The molecule has 3 rings (SSSR count). The van der Waals surface area contributed by atoms with E-state index in [1.807, 2.05) is 6.08 Å². The number of ether oxygens (including phenoxy) is 6. The van der Waals surface area contributed by atoms with Crippen molar-refractivity contribution in [1.82, 2.24) is 5.32 Å². The number of aliphatic hydroxyl groups excluding tert-OH is 11. The number of hydrogen-bond acceptors (Lipinski definition) is 18. The Balaban J connectivity index is 1.37. The molecule has 0 bridgehead atoms. The Kier molecular flexibility index (Phi) is 56.3. The smallest absolute Gasteiger partial charge is 0.220 e. The van der Waals surface area contributed by atoms with Crippen LogP contribution in [0.15, 0.2) is 12.2 Å². The molecular weight excluding hydrogens is 1250 g/mol. The van der Waals surface area contributed by atoms with Crippen molar-refractivity contribution < 1.29 is 89.4 Å². The molecule has 3 aliphatic rings. The highest BCUT2D eigenvalue weighted by Crippen LogP contribution is 2.33. The average molecular weight is 1400 g/mol. The fourth-order valence-corrected chi connectivity index (χ4v) is 14.3. The van der Waals surface area contributed by atoms with Crippen LogP contribution in [-0.4, -0.2) is 193 Å². The van der Waals surface area contributed by atoms with Crippen molar-refractivity contribution in [2.45, 2.75) is 458 Å². The molecule has 17 atom stereocenters. The first-order chi connectivity index (χ1) is 47.8. The highest BCUT2D eigenvalue weighted by Gasteiger charge is 2.54. The van der Waals surface area contributed by atoms with Crippen LogP contribution in [-0.2, 0) is 33.2 Å². The van der Waals surface area contributed by atoms with Gasteiger partial charge in [-0.3, -0.25) is 4.79 Å². The molecule has 1 amide bonds. The fourth-order valence-electron chi connectivity index (χ4n) is 14.3. The number of amides is 1. The van der Waals surface area contributed by atoms with E-state index in [0.717, 1.165) is 44.9 Å². The van der Waals surface area contributed by atoms with Crippen LogP contribution in [0, 0.1) is 0 Å². The molecule has 3 heterocycles. The maximum Gasteiger partial charge on any atom is 0.220 e. The third kappa shape index (κ3) is 40.7. The van der Waals surface area contributed by atoms with E-state index >= 15 is 0 Å². The fraction of sp³-hybridized carbons (Fsp3) is 0.962. The van der Waals surface area contributed by atoms with Gasteiger partial charge >= 0.3 is 0 Å². The van der Waals surface area contributed by atoms with Crippen LogP contribution >= 0.6 is 0 Å². The average Bonchev–Trinajstić information content (AvgIpc) is 0.784. The van der Waals surface area contributed by atoms with E-state index in [9.17, 15) is 61.0 Å². The summed E-state index contributed by atoms with van der Waals surface area (Å²) in [6.45, 7) is 1.81. The van der Waals surface area contributed by atoms with E-state index in [1.54, 1.807) is 6.08 Å². The topological polar surface area (TPSA) is 307 Å². The quantitative estimate of drug-likeness (QED) is 0.0199. The van der Waals surface area contributed by atoms with Gasteiger partial charge in [0.25, 0.3) is 0 Å². The minimum absolute atomic E-state index is 0.250. The zero-order valence-electron chi connectivity index (χ0n) is 62.1. The summed E-state index contributed by atoms with van der Waals surface area (Å²) >= 11 is 0. The Hall–Kier alpha value is -1.47. The first-order valence-electron chi connectivity index (χ1n) is 40.9.